The highest BCUT2D eigenvalue weighted by Crippen LogP contribution is 2.23. The SMILES string of the molecule is CCOC(=O)CCn1nc(-c2ccccc2)c(Br)cc1=O. The van der Waals surface area contributed by atoms with Gasteiger partial charge in [0.05, 0.1) is 24.0 Å². The second-order valence-electron chi connectivity index (χ2n) is 4.32. The van der Waals surface area contributed by atoms with E-state index < -0.39 is 0 Å². The second-order valence-corrected chi connectivity index (χ2v) is 5.18. The van der Waals surface area contributed by atoms with Crippen molar-refractivity contribution in [1.29, 1.82) is 0 Å². The number of benzene rings is 1. The minimum Gasteiger partial charge on any atom is -0.466 e. The average molecular weight is 351 g/mol. The third kappa shape index (κ3) is 4.01. The summed E-state index contributed by atoms with van der Waals surface area (Å²) >= 11 is 3.36. The number of hydrogen-bond acceptors (Lipinski definition) is 4. The van der Waals surface area contributed by atoms with Crippen LogP contribution in [0.1, 0.15) is 13.3 Å². The first-order valence-corrected chi connectivity index (χ1v) is 7.40. The summed E-state index contributed by atoms with van der Waals surface area (Å²) in [6, 6.07) is 11.0. The van der Waals surface area contributed by atoms with Crippen LogP contribution in [0, 0.1) is 0 Å². The Morgan fingerprint density at radius 1 is 1.33 bits per heavy atom. The van der Waals surface area contributed by atoms with Gasteiger partial charge in [0.1, 0.15) is 5.69 Å². The number of ether oxygens (including phenoxy) is 1. The van der Waals surface area contributed by atoms with Crippen LogP contribution in [0.15, 0.2) is 45.7 Å². The van der Waals surface area contributed by atoms with Gasteiger partial charge in [-0.2, -0.15) is 5.10 Å². The van der Waals surface area contributed by atoms with Gasteiger partial charge >= 0.3 is 5.97 Å². The van der Waals surface area contributed by atoms with Crippen molar-refractivity contribution in [3.63, 3.8) is 0 Å². The second kappa shape index (κ2) is 7.17. The molecular weight excluding hydrogens is 336 g/mol. The summed E-state index contributed by atoms with van der Waals surface area (Å²) in [5.74, 6) is -0.338. The molecule has 0 bridgehead atoms. The van der Waals surface area contributed by atoms with Gasteiger partial charge in [-0.05, 0) is 22.9 Å². The first-order chi connectivity index (χ1) is 10.1. The molecule has 0 unspecified atom stereocenters. The molecule has 0 fully saturated rings. The smallest absolute Gasteiger partial charge is 0.307 e. The first kappa shape index (κ1) is 15.4. The predicted molar refractivity (Wildman–Crippen MR) is 82.9 cm³/mol. The number of esters is 1. The molecule has 6 heteroatoms. The molecule has 0 N–H and O–H groups in total. The summed E-state index contributed by atoms with van der Waals surface area (Å²) < 4.78 is 6.76. The monoisotopic (exact) mass is 350 g/mol. The van der Waals surface area contributed by atoms with Crippen LogP contribution >= 0.6 is 15.9 Å². The fraction of sp³-hybridized carbons (Fsp3) is 0.267. The molecule has 0 spiro atoms. The Morgan fingerprint density at radius 3 is 2.71 bits per heavy atom. The van der Waals surface area contributed by atoms with E-state index in [1.165, 1.54) is 10.7 Å². The molecule has 0 aliphatic rings. The number of aryl methyl sites for hydroxylation is 1. The number of rotatable bonds is 5. The van der Waals surface area contributed by atoms with Crippen molar-refractivity contribution in [1.82, 2.24) is 9.78 Å². The molecule has 0 saturated carbocycles. The Hall–Kier alpha value is -1.95. The minimum absolute atomic E-state index is 0.122. The lowest BCUT2D eigenvalue weighted by Gasteiger charge is -2.09. The van der Waals surface area contributed by atoms with Crippen LogP contribution in [-0.4, -0.2) is 22.4 Å². The molecule has 0 amide bonds. The van der Waals surface area contributed by atoms with E-state index in [1.54, 1.807) is 6.92 Å². The number of carbonyl (C=O) groups is 1. The Bertz CT molecular complexity index is 683. The van der Waals surface area contributed by atoms with E-state index >= 15 is 0 Å². The summed E-state index contributed by atoms with van der Waals surface area (Å²) in [6.45, 7) is 2.27. The summed E-state index contributed by atoms with van der Waals surface area (Å²) in [7, 11) is 0. The normalized spacial score (nSPS) is 10.4. The Balaban J connectivity index is 2.27. The van der Waals surface area contributed by atoms with Crippen molar-refractivity contribution in [2.24, 2.45) is 0 Å². The standard InChI is InChI=1S/C15H15BrN2O3/c1-2-21-14(20)8-9-18-13(19)10-12(16)15(17-18)11-6-4-3-5-7-11/h3-7,10H,2,8-9H2,1H3. The van der Waals surface area contributed by atoms with Crippen LogP contribution in [0.3, 0.4) is 0 Å². The topological polar surface area (TPSA) is 61.2 Å². The number of halogens is 1. The van der Waals surface area contributed by atoms with Crippen LogP contribution in [0.4, 0.5) is 0 Å². The highest BCUT2D eigenvalue weighted by Gasteiger charge is 2.10. The van der Waals surface area contributed by atoms with E-state index in [2.05, 4.69) is 21.0 Å². The number of nitrogens with zero attached hydrogens (tertiary/aromatic N) is 2. The minimum atomic E-state index is -0.338. The van der Waals surface area contributed by atoms with Crippen LogP contribution in [0.25, 0.3) is 11.3 Å². The zero-order valence-electron chi connectivity index (χ0n) is 11.6. The Labute approximate surface area is 130 Å². The third-order valence-corrected chi connectivity index (χ3v) is 3.44. The lowest BCUT2D eigenvalue weighted by Crippen LogP contribution is -2.24. The van der Waals surface area contributed by atoms with E-state index in [0.717, 1.165) is 5.56 Å². The van der Waals surface area contributed by atoms with Crippen molar-refractivity contribution < 1.29 is 9.53 Å². The molecule has 1 heterocycles. The highest BCUT2D eigenvalue weighted by atomic mass is 79.9. The van der Waals surface area contributed by atoms with E-state index in [4.69, 9.17) is 4.74 Å². The average Bonchev–Trinajstić information content (AvgIpc) is 2.47. The largest absolute Gasteiger partial charge is 0.466 e. The Kier molecular flexibility index (Phi) is 5.27. The fourth-order valence-corrected chi connectivity index (χ4v) is 2.36. The summed E-state index contributed by atoms with van der Waals surface area (Å²) in [5.41, 5.74) is 1.30. The number of carbonyl (C=O) groups excluding carboxylic acids is 1. The molecular formula is C15H15BrN2O3. The molecule has 0 atom stereocenters. The molecule has 1 aromatic carbocycles. The fourth-order valence-electron chi connectivity index (χ4n) is 1.85. The molecule has 0 aliphatic heterocycles. The maximum atomic E-state index is 11.9. The zero-order valence-corrected chi connectivity index (χ0v) is 13.2. The molecule has 2 rings (SSSR count). The van der Waals surface area contributed by atoms with Gasteiger partial charge in [-0.15, -0.1) is 0 Å². The van der Waals surface area contributed by atoms with E-state index in [-0.39, 0.29) is 24.5 Å². The van der Waals surface area contributed by atoms with Crippen LogP contribution in [0.2, 0.25) is 0 Å². The molecule has 0 aliphatic carbocycles. The van der Waals surface area contributed by atoms with Crippen molar-refractivity contribution in [2.75, 3.05) is 6.61 Å². The zero-order chi connectivity index (χ0) is 15.2. The lowest BCUT2D eigenvalue weighted by molar-refractivity contribution is -0.143. The first-order valence-electron chi connectivity index (χ1n) is 6.60. The van der Waals surface area contributed by atoms with Gasteiger partial charge in [0.2, 0.25) is 0 Å². The van der Waals surface area contributed by atoms with Crippen molar-refractivity contribution >= 4 is 21.9 Å². The van der Waals surface area contributed by atoms with E-state index in [0.29, 0.717) is 16.8 Å². The molecule has 110 valence electrons. The van der Waals surface area contributed by atoms with Crippen molar-refractivity contribution in [3.05, 3.63) is 51.2 Å². The molecule has 0 radical (unpaired) electrons. The lowest BCUT2D eigenvalue weighted by atomic mass is 10.1. The van der Waals surface area contributed by atoms with Gasteiger partial charge in [0.15, 0.2) is 0 Å². The van der Waals surface area contributed by atoms with Crippen LogP contribution < -0.4 is 5.56 Å². The maximum Gasteiger partial charge on any atom is 0.307 e. The molecule has 0 saturated heterocycles. The molecule has 1 aromatic heterocycles. The molecule has 5 nitrogen and oxygen atoms in total. The van der Waals surface area contributed by atoms with Gasteiger partial charge in [-0.1, -0.05) is 30.3 Å². The van der Waals surface area contributed by atoms with E-state index in [9.17, 15) is 9.59 Å². The van der Waals surface area contributed by atoms with Gasteiger partial charge < -0.3 is 4.74 Å². The van der Waals surface area contributed by atoms with Crippen molar-refractivity contribution in [3.8, 4) is 11.3 Å². The Morgan fingerprint density at radius 2 is 2.05 bits per heavy atom. The van der Waals surface area contributed by atoms with Crippen LogP contribution in [-0.2, 0) is 16.1 Å². The van der Waals surface area contributed by atoms with Gasteiger partial charge in [-0.25, -0.2) is 4.68 Å². The van der Waals surface area contributed by atoms with Crippen LogP contribution in [0.5, 0.6) is 0 Å². The summed E-state index contributed by atoms with van der Waals surface area (Å²) in [6.07, 6.45) is 0.122. The highest BCUT2D eigenvalue weighted by molar-refractivity contribution is 9.10. The quantitative estimate of drug-likeness (QED) is 0.777. The third-order valence-electron chi connectivity index (χ3n) is 2.83. The number of hydrogen-bond donors (Lipinski definition) is 0. The molecule has 2 aromatic rings. The maximum absolute atomic E-state index is 11.9. The summed E-state index contributed by atoms with van der Waals surface area (Å²) in [5, 5.41) is 4.32. The van der Waals surface area contributed by atoms with Gasteiger partial charge in [0.25, 0.3) is 5.56 Å². The predicted octanol–water partition coefficient (Wildman–Crippen LogP) is 2.63. The molecule has 21 heavy (non-hydrogen) atoms. The van der Waals surface area contributed by atoms with E-state index in [1.807, 2.05) is 30.3 Å². The van der Waals surface area contributed by atoms with Crippen molar-refractivity contribution in [2.45, 2.75) is 19.9 Å². The van der Waals surface area contributed by atoms with Gasteiger partial charge in [0, 0.05) is 11.6 Å². The summed E-state index contributed by atoms with van der Waals surface area (Å²) in [4.78, 5) is 23.3. The van der Waals surface area contributed by atoms with Gasteiger partial charge in [-0.3, -0.25) is 9.59 Å². The number of aromatic nitrogens is 2.